The van der Waals surface area contributed by atoms with Crippen LogP contribution in [0.3, 0.4) is 0 Å². The number of carbonyl (C=O) groups excluding carboxylic acids is 2. The van der Waals surface area contributed by atoms with Gasteiger partial charge in [-0.2, -0.15) is 0 Å². The van der Waals surface area contributed by atoms with E-state index < -0.39 is 0 Å². The summed E-state index contributed by atoms with van der Waals surface area (Å²) < 4.78 is 0. The molecule has 1 saturated carbocycles. The van der Waals surface area contributed by atoms with Crippen LogP contribution in [0.2, 0.25) is 0 Å². The molecule has 1 aliphatic carbocycles. The van der Waals surface area contributed by atoms with Gasteiger partial charge < -0.3 is 10.2 Å². The van der Waals surface area contributed by atoms with Gasteiger partial charge in [0, 0.05) is 9.75 Å². The first-order chi connectivity index (χ1) is 10.0. The van der Waals surface area contributed by atoms with Gasteiger partial charge in [-0.1, -0.05) is 6.92 Å². The number of thiophene rings is 1. The summed E-state index contributed by atoms with van der Waals surface area (Å²) in [5.74, 6) is 0.472. The molecule has 0 aromatic carbocycles. The van der Waals surface area contributed by atoms with Crippen LogP contribution in [-0.4, -0.2) is 28.8 Å². The summed E-state index contributed by atoms with van der Waals surface area (Å²) in [6.45, 7) is 6.71. The van der Waals surface area contributed by atoms with Gasteiger partial charge in [0.05, 0.1) is 6.54 Å². The summed E-state index contributed by atoms with van der Waals surface area (Å²) in [7, 11) is 0. The van der Waals surface area contributed by atoms with Gasteiger partial charge in [-0.3, -0.25) is 9.59 Å². The van der Waals surface area contributed by atoms with Crippen molar-refractivity contribution >= 4 is 23.2 Å². The van der Waals surface area contributed by atoms with Gasteiger partial charge >= 0.3 is 0 Å². The van der Waals surface area contributed by atoms with Crippen LogP contribution in [0.1, 0.15) is 41.5 Å². The van der Waals surface area contributed by atoms with Crippen LogP contribution >= 0.6 is 11.3 Å². The highest BCUT2D eigenvalue weighted by Crippen LogP contribution is 2.36. The minimum Gasteiger partial charge on any atom is -0.342 e. The number of hydrogen-bond donors (Lipinski definition) is 1. The van der Waals surface area contributed by atoms with Crippen molar-refractivity contribution < 1.29 is 9.59 Å². The molecule has 0 radical (unpaired) electrons. The number of amides is 2. The summed E-state index contributed by atoms with van der Waals surface area (Å²) in [6, 6.07) is 1.52. The maximum absolute atomic E-state index is 12.7. The first-order valence-electron chi connectivity index (χ1n) is 7.68. The molecule has 21 heavy (non-hydrogen) atoms. The van der Waals surface area contributed by atoms with E-state index in [4.69, 9.17) is 0 Å². The first-order valence-corrected chi connectivity index (χ1v) is 8.49. The lowest BCUT2D eigenvalue weighted by atomic mass is 10.0. The number of nitrogens with one attached hydrogen (secondary N) is 1. The maximum Gasteiger partial charge on any atom is 0.246 e. The number of carbonyl (C=O) groups is 2. The lowest BCUT2D eigenvalue weighted by Gasteiger charge is -2.38. The normalized spacial score (nSPS) is 26.1. The lowest BCUT2D eigenvalue weighted by molar-refractivity contribution is -0.150. The van der Waals surface area contributed by atoms with E-state index in [2.05, 4.69) is 25.2 Å². The molecule has 3 rings (SSSR count). The van der Waals surface area contributed by atoms with Crippen molar-refractivity contribution in [3.05, 3.63) is 21.4 Å². The number of nitrogens with zero attached hydrogens (tertiary/aromatic N) is 1. The number of piperazine rings is 1. The molecule has 4 nitrogen and oxygen atoms in total. The van der Waals surface area contributed by atoms with E-state index >= 15 is 0 Å². The van der Waals surface area contributed by atoms with Crippen molar-refractivity contribution in [3.63, 3.8) is 0 Å². The Hall–Kier alpha value is -1.36. The fourth-order valence-electron chi connectivity index (χ4n) is 3.02. The molecule has 2 unspecified atom stereocenters. The predicted molar refractivity (Wildman–Crippen MR) is 83.1 cm³/mol. The van der Waals surface area contributed by atoms with Gasteiger partial charge in [0.25, 0.3) is 0 Å². The average Bonchev–Trinajstić information content (AvgIpc) is 3.22. The van der Waals surface area contributed by atoms with Gasteiger partial charge in [-0.15, -0.1) is 11.3 Å². The molecule has 0 spiro atoms. The van der Waals surface area contributed by atoms with E-state index in [9.17, 15) is 9.59 Å². The highest BCUT2D eigenvalue weighted by molar-refractivity contribution is 7.12. The van der Waals surface area contributed by atoms with Crippen molar-refractivity contribution in [2.45, 2.75) is 58.7 Å². The van der Waals surface area contributed by atoms with Crippen LogP contribution in [0.4, 0.5) is 0 Å². The highest BCUT2D eigenvalue weighted by Gasteiger charge is 2.46. The third-order valence-corrected chi connectivity index (χ3v) is 5.69. The molecule has 114 valence electrons. The minimum absolute atomic E-state index is 0.0130. The Bertz CT molecular complexity index is 557. The molecular weight excluding hydrogens is 284 g/mol. The zero-order valence-corrected chi connectivity index (χ0v) is 13.6. The molecule has 1 aromatic heterocycles. The summed E-state index contributed by atoms with van der Waals surface area (Å²) in [4.78, 5) is 29.3. The van der Waals surface area contributed by atoms with Gasteiger partial charge in [0.1, 0.15) is 12.1 Å². The summed E-state index contributed by atoms with van der Waals surface area (Å²) in [5, 5.41) is 2.93. The Morgan fingerprint density at radius 3 is 2.57 bits per heavy atom. The molecule has 2 amide bonds. The largest absolute Gasteiger partial charge is 0.342 e. The fraction of sp³-hybridized carbons (Fsp3) is 0.625. The Morgan fingerprint density at radius 1 is 1.33 bits per heavy atom. The summed E-state index contributed by atoms with van der Waals surface area (Å²) in [6.07, 6.45) is 2.77. The van der Waals surface area contributed by atoms with Crippen LogP contribution in [0.25, 0.3) is 0 Å². The quantitative estimate of drug-likeness (QED) is 0.928. The molecule has 0 bridgehead atoms. The number of rotatable bonds is 4. The van der Waals surface area contributed by atoms with E-state index in [1.165, 1.54) is 15.3 Å². The maximum atomic E-state index is 12.7. The molecule has 1 N–H and O–H groups in total. The second kappa shape index (κ2) is 5.44. The topological polar surface area (TPSA) is 49.4 Å². The van der Waals surface area contributed by atoms with Gasteiger partial charge in [-0.05, 0) is 50.7 Å². The SMILES string of the molecule is CCC1C(=O)NC(C2CC2)C(=O)N1Cc1cc(C)c(C)s1. The van der Waals surface area contributed by atoms with E-state index in [-0.39, 0.29) is 23.9 Å². The fourth-order valence-corrected chi connectivity index (χ4v) is 4.08. The lowest BCUT2D eigenvalue weighted by Crippen LogP contribution is -2.63. The van der Waals surface area contributed by atoms with Gasteiger partial charge in [0.2, 0.25) is 11.8 Å². The minimum atomic E-state index is -0.324. The highest BCUT2D eigenvalue weighted by atomic mass is 32.1. The molecular formula is C16H22N2O2S. The number of aryl methyl sites for hydroxylation is 2. The second-order valence-electron chi connectivity index (χ2n) is 6.17. The van der Waals surface area contributed by atoms with E-state index in [0.717, 1.165) is 12.8 Å². The molecule has 2 atom stereocenters. The predicted octanol–water partition coefficient (Wildman–Crippen LogP) is 2.38. The second-order valence-corrected chi connectivity index (χ2v) is 7.51. The first kappa shape index (κ1) is 14.6. The van der Waals surface area contributed by atoms with Crippen LogP contribution in [-0.2, 0) is 16.1 Å². The average molecular weight is 306 g/mol. The number of hydrogen-bond acceptors (Lipinski definition) is 3. The molecule has 1 aromatic rings. The summed E-state index contributed by atoms with van der Waals surface area (Å²) in [5.41, 5.74) is 1.26. The van der Waals surface area contributed by atoms with Crippen molar-refractivity contribution in [2.24, 2.45) is 5.92 Å². The summed E-state index contributed by atoms with van der Waals surface area (Å²) >= 11 is 1.72. The van der Waals surface area contributed by atoms with Crippen LogP contribution in [0, 0.1) is 19.8 Å². The third kappa shape index (κ3) is 2.71. The third-order valence-electron chi connectivity index (χ3n) is 4.55. The molecule has 5 heteroatoms. The zero-order chi connectivity index (χ0) is 15.1. The van der Waals surface area contributed by atoms with Crippen molar-refractivity contribution in [1.29, 1.82) is 0 Å². The monoisotopic (exact) mass is 306 g/mol. The van der Waals surface area contributed by atoms with Gasteiger partial charge in [-0.25, -0.2) is 0 Å². The van der Waals surface area contributed by atoms with Crippen molar-refractivity contribution in [1.82, 2.24) is 10.2 Å². The van der Waals surface area contributed by atoms with Crippen molar-refractivity contribution in [2.75, 3.05) is 0 Å². The van der Waals surface area contributed by atoms with Crippen molar-refractivity contribution in [3.8, 4) is 0 Å². The standard InChI is InChI=1S/C16H22N2O2S/c1-4-13-15(19)17-14(11-5-6-11)16(20)18(13)8-12-7-9(2)10(3)21-12/h7,11,13-14H,4-6,8H2,1-3H3,(H,17,19). The smallest absolute Gasteiger partial charge is 0.246 e. The van der Waals surface area contributed by atoms with E-state index in [0.29, 0.717) is 18.9 Å². The Labute approximate surface area is 129 Å². The van der Waals surface area contributed by atoms with Crippen LogP contribution < -0.4 is 5.32 Å². The Balaban J connectivity index is 1.84. The molecule has 2 fully saturated rings. The molecule has 1 saturated heterocycles. The van der Waals surface area contributed by atoms with E-state index in [1.807, 2.05) is 6.92 Å². The zero-order valence-electron chi connectivity index (χ0n) is 12.8. The van der Waals surface area contributed by atoms with Gasteiger partial charge in [0.15, 0.2) is 0 Å². The van der Waals surface area contributed by atoms with Crippen LogP contribution in [0.5, 0.6) is 0 Å². The Kier molecular flexibility index (Phi) is 3.78. The Morgan fingerprint density at radius 2 is 2.05 bits per heavy atom. The molecule has 1 aliphatic heterocycles. The van der Waals surface area contributed by atoms with E-state index in [1.54, 1.807) is 16.2 Å². The van der Waals surface area contributed by atoms with Crippen LogP contribution in [0.15, 0.2) is 6.07 Å². The molecule has 2 aliphatic rings. The molecule has 2 heterocycles.